The molecule has 0 radical (unpaired) electrons. The highest BCUT2D eigenvalue weighted by molar-refractivity contribution is 5.86. The van der Waals surface area contributed by atoms with Crippen LogP contribution in [0.1, 0.15) is 17.5 Å². The Morgan fingerprint density at radius 1 is 1.13 bits per heavy atom. The van der Waals surface area contributed by atoms with Crippen molar-refractivity contribution in [2.24, 2.45) is 5.11 Å². The van der Waals surface area contributed by atoms with Gasteiger partial charge in [0.25, 0.3) is 0 Å². The first-order valence-electron chi connectivity index (χ1n) is 10.2. The van der Waals surface area contributed by atoms with E-state index in [9.17, 15) is 9.59 Å². The van der Waals surface area contributed by atoms with E-state index in [0.717, 1.165) is 11.1 Å². The SMILES string of the molecule is [N-]=[N+]=NC[C@@H]1C[C@H](NC(=O)[C@H](Cc2ccccc2)NC(=O)OCc2ccccc2)CN1. The molecule has 9 nitrogen and oxygen atoms in total. The number of ether oxygens (including phenoxy) is 1. The average Bonchev–Trinajstić information content (AvgIpc) is 3.24. The number of benzene rings is 2. The third-order valence-corrected chi connectivity index (χ3v) is 5.04. The van der Waals surface area contributed by atoms with E-state index in [1.807, 2.05) is 60.7 Å². The van der Waals surface area contributed by atoms with Gasteiger partial charge in [0.1, 0.15) is 12.6 Å². The molecule has 1 aliphatic heterocycles. The van der Waals surface area contributed by atoms with E-state index in [1.165, 1.54) is 0 Å². The van der Waals surface area contributed by atoms with Crippen LogP contribution in [0.4, 0.5) is 4.79 Å². The van der Waals surface area contributed by atoms with Crippen molar-refractivity contribution in [1.29, 1.82) is 0 Å². The first-order valence-corrected chi connectivity index (χ1v) is 10.2. The van der Waals surface area contributed by atoms with Crippen molar-refractivity contribution < 1.29 is 14.3 Å². The molecule has 2 aromatic carbocycles. The molecule has 0 aromatic heterocycles. The smallest absolute Gasteiger partial charge is 0.408 e. The maximum absolute atomic E-state index is 12.9. The second-order valence-corrected chi connectivity index (χ2v) is 7.41. The summed E-state index contributed by atoms with van der Waals surface area (Å²) < 4.78 is 5.29. The number of amides is 2. The number of hydrogen-bond donors (Lipinski definition) is 3. The lowest BCUT2D eigenvalue weighted by atomic mass is 10.0. The van der Waals surface area contributed by atoms with Gasteiger partial charge in [0.05, 0.1) is 0 Å². The molecule has 0 spiro atoms. The predicted molar refractivity (Wildman–Crippen MR) is 116 cm³/mol. The number of hydrogen-bond acceptors (Lipinski definition) is 5. The molecule has 0 bridgehead atoms. The van der Waals surface area contributed by atoms with Crippen LogP contribution in [0.5, 0.6) is 0 Å². The largest absolute Gasteiger partial charge is 0.445 e. The molecular weight excluding hydrogens is 396 g/mol. The Bertz CT molecular complexity index is 902. The molecule has 1 fully saturated rings. The van der Waals surface area contributed by atoms with Gasteiger partial charge in [-0.15, -0.1) is 0 Å². The van der Waals surface area contributed by atoms with Crippen LogP contribution in [-0.4, -0.2) is 43.2 Å². The summed E-state index contributed by atoms with van der Waals surface area (Å²) in [5.41, 5.74) is 10.3. The van der Waals surface area contributed by atoms with Crippen LogP contribution in [-0.2, 0) is 22.6 Å². The number of alkyl carbamates (subject to hydrolysis) is 1. The average molecular weight is 422 g/mol. The van der Waals surface area contributed by atoms with E-state index in [0.29, 0.717) is 25.9 Å². The standard InChI is InChI=1S/C22H26N6O3/c23-28-25-14-18-12-19(13-24-18)26-21(29)20(11-16-7-3-1-4-8-16)27-22(30)31-15-17-9-5-2-6-10-17/h1-10,18-20,24H,11-15H2,(H,26,29)(H,27,30)/t18-,19-,20-/m0/s1. The van der Waals surface area contributed by atoms with Crippen molar-refractivity contribution in [3.05, 3.63) is 82.2 Å². The quantitative estimate of drug-likeness (QED) is 0.326. The van der Waals surface area contributed by atoms with Gasteiger partial charge in [0.2, 0.25) is 5.91 Å². The number of nitrogens with zero attached hydrogens (tertiary/aromatic N) is 3. The Hall–Kier alpha value is -3.55. The maximum Gasteiger partial charge on any atom is 0.408 e. The van der Waals surface area contributed by atoms with Gasteiger partial charge < -0.3 is 20.7 Å². The lowest BCUT2D eigenvalue weighted by Crippen LogP contribution is -2.51. The van der Waals surface area contributed by atoms with E-state index in [-0.39, 0.29) is 24.6 Å². The van der Waals surface area contributed by atoms with Crippen LogP contribution in [0.2, 0.25) is 0 Å². The lowest BCUT2D eigenvalue weighted by molar-refractivity contribution is -0.123. The van der Waals surface area contributed by atoms with Crippen molar-refractivity contribution in [2.45, 2.75) is 37.6 Å². The van der Waals surface area contributed by atoms with Crippen molar-refractivity contribution in [1.82, 2.24) is 16.0 Å². The van der Waals surface area contributed by atoms with E-state index >= 15 is 0 Å². The van der Waals surface area contributed by atoms with Crippen molar-refractivity contribution >= 4 is 12.0 Å². The summed E-state index contributed by atoms with van der Waals surface area (Å²) in [6.45, 7) is 1.04. The minimum atomic E-state index is -0.776. The summed E-state index contributed by atoms with van der Waals surface area (Å²) in [6.07, 6.45) is 0.349. The van der Waals surface area contributed by atoms with Crippen LogP contribution in [0, 0.1) is 0 Å². The third-order valence-electron chi connectivity index (χ3n) is 5.04. The summed E-state index contributed by atoms with van der Waals surface area (Å²) in [7, 11) is 0. The number of rotatable bonds is 9. The zero-order valence-electron chi connectivity index (χ0n) is 17.1. The molecule has 3 rings (SSSR count). The van der Waals surface area contributed by atoms with E-state index in [2.05, 4.69) is 26.0 Å². The highest BCUT2D eigenvalue weighted by Gasteiger charge is 2.28. The molecule has 1 aliphatic rings. The first kappa shape index (κ1) is 22.1. The van der Waals surface area contributed by atoms with Gasteiger partial charge in [0.15, 0.2) is 0 Å². The van der Waals surface area contributed by atoms with Crippen LogP contribution < -0.4 is 16.0 Å². The molecule has 1 heterocycles. The zero-order chi connectivity index (χ0) is 21.9. The van der Waals surface area contributed by atoms with Gasteiger partial charge in [-0.3, -0.25) is 4.79 Å². The van der Waals surface area contributed by atoms with E-state index in [1.54, 1.807) is 0 Å². The second-order valence-electron chi connectivity index (χ2n) is 7.41. The van der Waals surface area contributed by atoms with E-state index in [4.69, 9.17) is 10.3 Å². The van der Waals surface area contributed by atoms with Gasteiger partial charge in [-0.25, -0.2) is 4.79 Å². The first-order chi connectivity index (χ1) is 15.1. The number of carbonyl (C=O) groups is 2. The minimum absolute atomic E-state index is 0.0255. The lowest BCUT2D eigenvalue weighted by Gasteiger charge is -2.21. The summed E-state index contributed by atoms with van der Waals surface area (Å²) >= 11 is 0. The van der Waals surface area contributed by atoms with Crippen molar-refractivity contribution in [3.63, 3.8) is 0 Å². The summed E-state index contributed by atoms with van der Waals surface area (Å²) in [4.78, 5) is 28.1. The van der Waals surface area contributed by atoms with Crippen LogP contribution >= 0.6 is 0 Å². The number of azide groups is 1. The van der Waals surface area contributed by atoms with Crippen molar-refractivity contribution in [2.75, 3.05) is 13.1 Å². The third kappa shape index (κ3) is 7.33. The van der Waals surface area contributed by atoms with Crippen LogP contribution in [0.3, 0.4) is 0 Å². The second kappa shape index (κ2) is 11.6. The fourth-order valence-corrected chi connectivity index (χ4v) is 3.47. The maximum atomic E-state index is 12.9. The predicted octanol–water partition coefficient (Wildman–Crippen LogP) is 2.68. The highest BCUT2D eigenvalue weighted by atomic mass is 16.5. The molecule has 31 heavy (non-hydrogen) atoms. The molecule has 2 aromatic rings. The minimum Gasteiger partial charge on any atom is -0.445 e. The Balaban J connectivity index is 1.58. The normalized spacial score (nSPS) is 18.5. The Morgan fingerprint density at radius 2 is 1.81 bits per heavy atom. The zero-order valence-corrected chi connectivity index (χ0v) is 17.1. The molecule has 9 heteroatoms. The van der Waals surface area contributed by atoms with E-state index < -0.39 is 12.1 Å². The topological polar surface area (TPSA) is 128 Å². The van der Waals surface area contributed by atoms with Crippen molar-refractivity contribution in [3.8, 4) is 0 Å². The highest BCUT2D eigenvalue weighted by Crippen LogP contribution is 2.10. The molecule has 0 aliphatic carbocycles. The Kier molecular flexibility index (Phi) is 8.28. The fraction of sp³-hybridized carbons (Fsp3) is 0.364. The van der Waals surface area contributed by atoms with Crippen LogP contribution in [0.25, 0.3) is 10.4 Å². The molecule has 3 N–H and O–H groups in total. The molecule has 0 unspecified atom stereocenters. The van der Waals surface area contributed by atoms with Gasteiger partial charge in [0, 0.05) is 36.5 Å². The monoisotopic (exact) mass is 422 g/mol. The molecule has 3 atom stereocenters. The van der Waals surface area contributed by atoms with Crippen LogP contribution in [0.15, 0.2) is 65.8 Å². The molecular formula is C22H26N6O3. The van der Waals surface area contributed by atoms with Gasteiger partial charge in [-0.05, 0) is 23.1 Å². The summed E-state index contributed by atoms with van der Waals surface area (Å²) in [5, 5.41) is 12.5. The summed E-state index contributed by atoms with van der Waals surface area (Å²) in [5.74, 6) is -0.281. The molecule has 2 amide bonds. The number of nitrogens with one attached hydrogen (secondary N) is 3. The molecule has 0 saturated carbocycles. The van der Waals surface area contributed by atoms with Gasteiger partial charge >= 0.3 is 6.09 Å². The fourth-order valence-electron chi connectivity index (χ4n) is 3.47. The Labute approximate surface area is 180 Å². The number of carbonyl (C=O) groups excluding carboxylic acids is 2. The molecule has 162 valence electrons. The van der Waals surface area contributed by atoms with Gasteiger partial charge in [-0.2, -0.15) is 0 Å². The Morgan fingerprint density at radius 3 is 2.48 bits per heavy atom. The summed E-state index contributed by atoms with van der Waals surface area (Å²) in [6, 6.07) is 18.0. The van der Waals surface area contributed by atoms with Gasteiger partial charge in [-0.1, -0.05) is 65.8 Å². The molecule has 1 saturated heterocycles.